The van der Waals surface area contributed by atoms with Crippen LogP contribution in [0.5, 0.6) is 0 Å². The van der Waals surface area contributed by atoms with Gasteiger partial charge in [-0.25, -0.2) is 0 Å². The second-order valence-electron chi connectivity index (χ2n) is 20.9. The molecule has 0 amide bonds. The summed E-state index contributed by atoms with van der Waals surface area (Å²) in [6.07, 6.45) is -17.4. The summed E-state index contributed by atoms with van der Waals surface area (Å²) in [7, 11) is 0. The van der Waals surface area contributed by atoms with E-state index in [1.807, 2.05) is 0 Å². The molecule has 0 radical (unpaired) electrons. The zero-order valence-corrected chi connectivity index (χ0v) is 37.4. The Morgan fingerprint density at radius 3 is 1.86 bits per heavy atom. The van der Waals surface area contributed by atoms with Crippen molar-refractivity contribution in [1.82, 2.24) is 0 Å². The summed E-state index contributed by atoms with van der Waals surface area (Å²) < 4.78 is 36.8. The smallest absolute Gasteiger partial charge is 0.187 e. The van der Waals surface area contributed by atoms with E-state index in [9.17, 15) is 61.3 Å². The number of ether oxygens (including phenoxy) is 6. The lowest BCUT2D eigenvalue weighted by Crippen LogP contribution is -2.64. The molecule has 3 saturated heterocycles. The van der Waals surface area contributed by atoms with E-state index in [0.717, 1.165) is 24.8 Å². The fraction of sp³-hybridized carbons (Fsp3) is 0.956. The van der Waals surface area contributed by atoms with Crippen LogP contribution >= 0.6 is 0 Å². The van der Waals surface area contributed by atoms with Gasteiger partial charge < -0.3 is 89.7 Å². The monoisotopic (exact) mass is 905 g/mol. The minimum absolute atomic E-state index is 0.0336. The molecule has 0 aromatic heterocycles. The van der Waals surface area contributed by atoms with E-state index in [4.69, 9.17) is 28.4 Å². The van der Waals surface area contributed by atoms with Gasteiger partial charge in [-0.2, -0.15) is 0 Å². The molecular weight excluding hydrogens is 828 g/mol. The van der Waals surface area contributed by atoms with E-state index in [2.05, 4.69) is 40.7 Å². The molecule has 26 atom stereocenters. The van der Waals surface area contributed by atoms with Gasteiger partial charge >= 0.3 is 0 Å². The van der Waals surface area contributed by atoms with Crippen molar-refractivity contribution < 1.29 is 89.7 Å². The molecule has 0 spiro atoms. The van der Waals surface area contributed by atoms with E-state index >= 15 is 0 Å². The number of fused-ring (bicyclic) bond motifs is 5. The van der Waals surface area contributed by atoms with Gasteiger partial charge in [0.2, 0.25) is 0 Å². The first kappa shape index (κ1) is 49.9. The van der Waals surface area contributed by atoms with Crippen LogP contribution in [0.25, 0.3) is 0 Å². The average Bonchev–Trinajstić information content (AvgIpc) is 3.54. The lowest BCUT2D eigenvalue weighted by atomic mass is 9.46. The van der Waals surface area contributed by atoms with Crippen LogP contribution < -0.4 is 0 Å². The van der Waals surface area contributed by atoms with Crippen molar-refractivity contribution >= 4 is 0 Å². The summed E-state index contributed by atoms with van der Waals surface area (Å²) >= 11 is 0. The van der Waals surface area contributed by atoms with Crippen LogP contribution in [0.15, 0.2) is 11.6 Å². The Kier molecular flexibility index (Phi) is 15.5. The van der Waals surface area contributed by atoms with Crippen molar-refractivity contribution in [3.8, 4) is 0 Å². The molecule has 364 valence electrons. The molecule has 3 aliphatic heterocycles. The molecule has 0 aromatic carbocycles. The van der Waals surface area contributed by atoms with Crippen LogP contribution in [0.4, 0.5) is 0 Å². The summed E-state index contributed by atoms with van der Waals surface area (Å²) in [6, 6.07) is 0. The third-order valence-corrected chi connectivity index (χ3v) is 16.8. The zero-order chi connectivity index (χ0) is 46.0. The zero-order valence-electron chi connectivity index (χ0n) is 37.4. The van der Waals surface area contributed by atoms with Crippen molar-refractivity contribution in [3.05, 3.63) is 11.6 Å². The Morgan fingerprint density at radius 2 is 1.27 bits per heavy atom. The van der Waals surface area contributed by atoms with Gasteiger partial charge in [0.05, 0.1) is 43.7 Å². The Morgan fingerprint density at radius 1 is 0.698 bits per heavy atom. The standard InChI is InChI=1S/C45H76O18/c1-18(2)7-10-26(49)19(3)31-27(59-42-37(55)34(52)32(50)28(16-46)60-42)15-25-23-9-8-21-13-22(48)14-30(45(21,6)24(23)11-12-44(25,31)5)62-41-39(57)36(54)40(20(4)58-41)63-43-38(56)35(53)33(51)29(17-47)61-43/h8,18-20,22-43,46-57H,7,9-17H2,1-6H3/t19-,20+,22-,23-,24+,25+,26+,27+,28-,29-,30-,31+,32+,33-,34+,35+,36+,37-,38-,39-,40+,41+,42-,43+,44+,45+/m1/s1. The molecule has 63 heavy (non-hydrogen) atoms. The number of rotatable bonds is 13. The molecule has 18 heteroatoms. The molecule has 6 fully saturated rings. The van der Waals surface area contributed by atoms with Gasteiger partial charge in [0.25, 0.3) is 0 Å². The van der Waals surface area contributed by atoms with Gasteiger partial charge in [-0.15, -0.1) is 0 Å². The van der Waals surface area contributed by atoms with Gasteiger partial charge in [0.15, 0.2) is 18.9 Å². The largest absolute Gasteiger partial charge is 0.394 e. The molecular formula is C45H76O18. The first-order valence-corrected chi connectivity index (χ1v) is 23.3. The van der Waals surface area contributed by atoms with Crippen LogP contribution in [-0.2, 0) is 28.4 Å². The van der Waals surface area contributed by atoms with Crippen LogP contribution in [0.2, 0.25) is 0 Å². The molecule has 7 rings (SSSR count). The fourth-order valence-electron chi connectivity index (χ4n) is 13.1. The Labute approximate surface area is 369 Å². The number of hydrogen-bond donors (Lipinski definition) is 12. The van der Waals surface area contributed by atoms with Crippen LogP contribution in [0, 0.1) is 46.3 Å². The number of aliphatic hydroxyl groups excluding tert-OH is 12. The highest BCUT2D eigenvalue weighted by Gasteiger charge is 2.65. The Hall–Kier alpha value is -0.980. The summed E-state index contributed by atoms with van der Waals surface area (Å²) in [6.45, 7) is 11.0. The van der Waals surface area contributed by atoms with Crippen molar-refractivity contribution in [2.24, 2.45) is 46.3 Å². The first-order valence-electron chi connectivity index (χ1n) is 23.3. The summed E-state index contributed by atoms with van der Waals surface area (Å²) in [5, 5.41) is 129. The van der Waals surface area contributed by atoms with Gasteiger partial charge in [-0.1, -0.05) is 46.3 Å². The van der Waals surface area contributed by atoms with Crippen molar-refractivity contribution in [1.29, 1.82) is 0 Å². The molecule has 0 bridgehead atoms. The summed E-state index contributed by atoms with van der Waals surface area (Å²) in [5.74, 6) is 0.152. The second kappa shape index (κ2) is 19.6. The molecule has 7 aliphatic rings. The number of hydrogen-bond acceptors (Lipinski definition) is 18. The Bertz CT molecular complexity index is 1550. The normalized spacial score (nSPS) is 52.4. The SMILES string of the molecule is CC(C)CC[C@H](O)[C@@H](C)[C@H]1[C@@H](O[C@@H]2O[C@H](CO)[C@H](O)[C@H](O)[C@H]2O)C[C@H]2[C@@H]3CC=C4C[C@@H](O)C[C@@H](O[C@@H]5O[C@@H](C)[C@H](O[C@@H]6O[C@H](CO)[C@@H](O)[C@H](O)[C@H]6O)[C@@H](O)[C@H]5O)[C@]4(C)[C@H]3CC[C@]12C. The minimum Gasteiger partial charge on any atom is -0.394 e. The predicted molar refractivity (Wildman–Crippen MR) is 220 cm³/mol. The van der Waals surface area contributed by atoms with Gasteiger partial charge in [0.1, 0.15) is 67.1 Å². The van der Waals surface area contributed by atoms with Crippen LogP contribution in [0.1, 0.15) is 92.9 Å². The highest BCUT2D eigenvalue weighted by molar-refractivity contribution is 5.28. The highest BCUT2D eigenvalue weighted by Crippen LogP contribution is 2.68. The van der Waals surface area contributed by atoms with Crippen LogP contribution in [-0.4, -0.2) is 191 Å². The van der Waals surface area contributed by atoms with E-state index in [-0.39, 0.29) is 41.4 Å². The second-order valence-corrected chi connectivity index (χ2v) is 20.9. The van der Waals surface area contributed by atoms with Crippen LogP contribution in [0.3, 0.4) is 0 Å². The summed E-state index contributed by atoms with van der Waals surface area (Å²) in [4.78, 5) is 0. The van der Waals surface area contributed by atoms with Gasteiger partial charge in [-0.3, -0.25) is 0 Å². The number of allylic oxidation sites excluding steroid dienone is 1. The van der Waals surface area contributed by atoms with E-state index in [0.29, 0.717) is 31.6 Å². The summed E-state index contributed by atoms with van der Waals surface area (Å²) in [5.41, 5.74) is 0.0567. The van der Waals surface area contributed by atoms with E-state index in [1.54, 1.807) is 6.92 Å². The maximum absolute atomic E-state index is 11.7. The number of aliphatic hydroxyl groups is 12. The van der Waals surface area contributed by atoms with Gasteiger partial charge in [-0.05, 0) is 92.8 Å². The molecule has 12 N–H and O–H groups in total. The lowest BCUT2D eigenvalue weighted by molar-refractivity contribution is -0.363. The van der Waals surface area contributed by atoms with Crippen molar-refractivity contribution in [3.63, 3.8) is 0 Å². The predicted octanol–water partition coefficient (Wildman–Crippen LogP) is -1.20. The highest BCUT2D eigenvalue weighted by atomic mass is 16.7. The quantitative estimate of drug-likeness (QED) is 0.0967. The topological polar surface area (TPSA) is 298 Å². The first-order chi connectivity index (χ1) is 29.7. The third kappa shape index (κ3) is 9.08. The average molecular weight is 905 g/mol. The molecule has 3 heterocycles. The van der Waals surface area contributed by atoms with E-state index in [1.165, 1.54) is 0 Å². The molecule has 18 nitrogen and oxygen atoms in total. The molecule has 0 unspecified atom stereocenters. The Balaban J connectivity index is 1.12. The molecule has 3 saturated carbocycles. The minimum atomic E-state index is -1.73. The van der Waals surface area contributed by atoms with E-state index < -0.39 is 135 Å². The van der Waals surface area contributed by atoms with Crippen molar-refractivity contribution in [2.45, 2.75) is 209 Å². The van der Waals surface area contributed by atoms with Gasteiger partial charge in [0, 0.05) is 11.8 Å². The molecule has 4 aliphatic carbocycles. The lowest BCUT2D eigenvalue weighted by Gasteiger charge is -2.60. The fourth-order valence-corrected chi connectivity index (χ4v) is 13.1. The molecule has 0 aromatic rings. The van der Waals surface area contributed by atoms with Crippen molar-refractivity contribution in [2.75, 3.05) is 13.2 Å². The maximum Gasteiger partial charge on any atom is 0.187 e. The third-order valence-electron chi connectivity index (χ3n) is 16.8. The maximum atomic E-state index is 11.7.